The summed E-state index contributed by atoms with van der Waals surface area (Å²) in [6.07, 6.45) is -4.37. The zero-order chi connectivity index (χ0) is 18.0. The smallest absolute Gasteiger partial charge is 0.416 e. The Morgan fingerprint density at radius 2 is 1.68 bits per heavy atom. The Labute approximate surface area is 154 Å². The molecule has 0 spiro atoms. The molecule has 0 bridgehead atoms. The first kappa shape index (κ1) is 17.8. The van der Waals surface area contributed by atoms with E-state index in [0.29, 0.717) is 21.6 Å². The van der Waals surface area contributed by atoms with Crippen molar-refractivity contribution in [3.8, 4) is 22.1 Å². The SMILES string of the molecule is CNc1nc(-c2ccc(Br)cc2)c(Oc2ccc(C(F)(F)F)cc2)s1. The number of thiazole rings is 1. The van der Waals surface area contributed by atoms with Crippen LogP contribution in [0.5, 0.6) is 10.8 Å². The van der Waals surface area contributed by atoms with Gasteiger partial charge in [-0.15, -0.1) is 0 Å². The summed E-state index contributed by atoms with van der Waals surface area (Å²) >= 11 is 4.66. The highest BCUT2D eigenvalue weighted by Gasteiger charge is 2.30. The second-order valence-corrected chi connectivity index (χ2v) is 6.91. The van der Waals surface area contributed by atoms with Gasteiger partial charge in [-0.05, 0) is 36.4 Å². The number of hydrogen-bond acceptors (Lipinski definition) is 4. The predicted molar refractivity (Wildman–Crippen MR) is 96.3 cm³/mol. The molecule has 0 fully saturated rings. The molecule has 0 saturated carbocycles. The summed E-state index contributed by atoms with van der Waals surface area (Å²) in [6.45, 7) is 0. The largest absolute Gasteiger partial charge is 0.444 e. The van der Waals surface area contributed by atoms with Crippen molar-refractivity contribution in [3.63, 3.8) is 0 Å². The zero-order valence-electron chi connectivity index (χ0n) is 12.9. The third-order valence-corrected chi connectivity index (χ3v) is 4.80. The molecule has 0 aliphatic rings. The van der Waals surface area contributed by atoms with E-state index in [1.54, 1.807) is 7.05 Å². The Morgan fingerprint density at radius 1 is 1.04 bits per heavy atom. The number of ether oxygens (including phenoxy) is 1. The molecule has 0 atom stereocenters. The van der Waals surface area contributed by atoms with Gasteiger partial charge in [0.15, 0.2) is 5.13 Å². The van der Waals surface area contributed by atoms with E-state index in [-0.39, 0.29) is 0 Å². The molecular weight excluding hydrogens is 417 g/mol. The van der Waals surface area contributed by atoms with Crippen molar-refractivity contribution >= 4 is 32.4 Å². The van der Waals surface area contributed by atoms with Gasteiger partial charge in [-0.25, -0.2) is 4.98 Å². The number of nitrogens with zero attached hydrogens (tertiary/aromatic N) is 1. The van der Waals surface area contributed by atoms with Crippen LogP contribution in [0.15, 0.2) is 53.0 Å². The first-order valence-corrected chi connectivity index (χ1v) is 8.77. The molecule has 0 saturated heterocycles. The number of hydrogen-bond donors (Lipinski definition) is 1. The maximum Gasteiger partial charge on any atom is 0.416 e. The summed E-state index contributed by atoms with van der Waals surface area (Å²) in [5.41, 5.74) is 0.762. The van der Waals surface area contributed by atoms with E-state index >= 15 is 0 Å². The summed E-state index contributed by atoms with van der Waals surface area (Å²) in [5.74, 6) is 0.317. The third-order valence-electron chi connectivity index (χ3n) is 3.32. The van der Waals surface area contributed by atoms with Crippen molar-refractivity contribution < 1.29 is 17.9 Å². The Hall–Kier alpha value is -2.06. The summed E-state index contributed by atoms with van der Waals surface area (Å²) < 4.78 is 44.7. The van der Waals surface area contributed by atoms with Crippen molar-refractivity contribution in [2.24, 2.45) is 0 Å². The molecule has 1 N–H and O–H groups in total. The van der Waals surface area contributed by atoms with Crippen molar-refractivity contribution in [1.82, 2.24) is 4.98 Å². The van der Waals surface area contributed by atoms with E-state index in [9.17, 15) is 13.2 Å². The molecule has 0 aliphatic carbocycles. The molecule has 0 unspecified atom stereocenters. The Kier molecular flexibility index (Phi) is 5.01. The average molecular weight is 429 g/mol. The molecule has 0 radical (unpaired) electrons. The van der Waals surface area contributed by atoms with Crippen molar-refractivity contribution in [3.05, 3.63) is 58.6 Å². The minimum absolute atomic E-state index is 0.317. The molecule has 1 heterocycles. The van der Waals surface area contributed by atoms with Gasteiger partial charge in [0.05, 0.1) is 5.56 Å². The Morgan fingerprint density at radius 3 is 2.24 bits per heavy atom. The number of aromatic nitrogens is 1. The van der Waals surface area contributed by atoms with Gasteiger partial charge >= 0.3 is 6.18 Å². The van der Waals surface area contributed by atoms with Gasteiger partial charge < -0.3 is 10.1 Å². The molecule has 0 aliphatic heterocycles. The molecule has 3 nitrogen and oxygen atoms in total. The number of halogens is 4. The fraction of sp³-hybridized carbons (Fsp3) is 0.118. The molecule has 3 rings (SSSR count). The number of benzene rings is 2. The highest BCUT2D eigenvalue weighted by molar-refractivity contribution is 9.10. The zero-order valence-corrected chi connectivity index (χ0v) is 15.3. The van der Waals surface area contributed by atoms with E-state index in [1.807, 2.05) is 24.3 Å². The van der Waals surface area contributed by atoms with Crippen molar-refractivity contribution in [2.45, 2.75) is 6.18 Å². The van der Waals surface area contributed by atoms with Gasteiger partial charge in [0.1, 0.15) is 11.4 Å². The Balaban J connectivity index is 1.92. The maximum absolute atomic E-state index is 12.7. The van der Waals surface area contributed by atoms with Crippen LogP contribution in [0.4, 0.5) is 18.3 Å². The van der Waals surface area contributed by atoms with Gasteiger partial charge in [-0.3, -0.25) is 0 Å². The van der Waals surface area contributed by atoms with Crippen molar-refractivity contribution in [1.29, 1.82) is 0 Å². The van der Waals surface area contributed by atoms with Crippen LogP contribution in [0.25, 0.3) is 11.3 Å². The fourth-order valence-corrected chi connectivity index (χ4v) is 3.17. The maximum atomic E-state index is 12.7. The lowest BCUT2D eigenvalue weighted by atomic mass is 10.2. The third kappa shape index (κ3) is 4.13. The topological polar surface area (TPSA) is 34.2 Å². The summed E-state index contributed by atoms with van der Waals surface area (Å²) in [6, 6.07) is 12.1. The lowest BCUT2D eigenvalue weighted by Gasteiger charge is -2.08. The first-order valence-electron chi connectivity index (χ1n) is 7.16. The van der Waals surface area contributed by atoms with Crippen LogP contribution in [-0.2, 0) is 6.18 Å². The molecule has 25 heavy (non-hydrogen) atoms. The van der Waals surface area contributed by atoms with Crippen molar-refractivity contribution in [2.75, 3.05) is 12.4 Å². The number of anilines is 1. The number of rotatable bonds is 4. The van der Waals surface area contributed by atoms with E-state index in [4.69, 9.17) is 4.74 Å². The molecule has 130 valence electrons. The van der Waals surface area contributed by atoms with E-state index in [0.717, 1.165) is 22.2 Å². The molecule has 2 aromatic carbocycles. The van der Waals surface area contributed by atoms with Gasteiger partial charge in [-0.1, -0.05) is 39.4 Å². The van der Waals surface area contributed by atoms with Crippen LogP contribution in [0.1, 0.15) is 5.56 Å². The van der Waals surface area contributed by atoms with Gasteiger partial charge in [-0.2, -0.15) is 13.2 Å². The lowest BCUT2D eigenvalue weighted by Crippen LogP contribution is -2.03. The van der Waals surface area contributed by atoms with Crippen LogP contribution in [-0.4, -0.2) is 12.0 Å². The standard InChI is InChI=1S/C17H12BrF3N2OS/c1-22-16-23-14(10-2-6-12(18)7-3-10)15(25-16)24-13-8-4-11(5-9-13)17(19,20)21/h2-9H,1H3,(H,22,23). The van der Waals surface area contributed by atoms with E-state index in [2.05, 4.69) is 26.2 Å². The molecule has 3 aromatic rings. The fourth-order valence-electron chi connectivity index (χ4n) is 2.09. The highest BCUT2D eigenvalue weighted by atomic mass is 79.9. The van der Waals surface area contributed by atoms with E-state index in [1.165, 1.54) is 23.5 Å². The van der Waals surface area contributed by atoms with Gasteiger partial charge in [0.25, 0.3) is 0 Å². The van der Waals surface area contributed by atoms with Crippen LogP contribution in [0.3, 0.4) is 0 Å². The second-order valence-electron chi connectivity index (χ2n) is 5.04. The van der Waals surface area contributed by atoms with Crippen LogP contribution >= 0.6 is 27.3 Å². The quantitative estimate of drug-likeness (QED) is 0.519. The van der Waals surface area contributed by atoms with Gasteiger partial charge in [0, 0.05) is 17.1 Å². The van der Waals surface area contributed by atoms with Crippen LogP contribution in [0.2, 0.25) is 0 Å². The minimum Gasteiger partial charge on any atom is -0.444 e. The minimum atomic E-state index is -4.37. The first-order chi connectivity index (χ1) is 11.9. The number of alkyl halides is 3. The molecule has 0 amide bonds. The molecular formula is C17H12BrF3N2OS. The highest BCUT2D eigenvalue weighted by Crippen LogP contribution is 2.41. The predicted octanol–water partition coefficient (Wildman–Crippen LogP) is 6.43. The summed E-state index contributed by atoms with van der Waals surface area (Å²) in [7, 11) is 1.74. The molecule has 8 heteroatoms. The normalized spacial score (nSPS) is 11.4. The van der Waals surface area contributed by atoms with Gasteiger partial charge in [0.2, 0.25) is 5.06 Å². The summed E-state index contributed by atoms with van der Waals surface area (Å²) in [4.78, 5) is 4.47. The van der Waals surface area contributed by atoms with E-state index < -0.39 is 11.7 Å². The monoisotopic (exact) mass is 428 g/mol. The second kappa shape index (κ2) is 7.05. The lowest BCUT2D eigenvalue weighted by molar-refractivity contribution is -0.137. The average Bonchev–Trinajstić information content (AvgIpc) is 2.98. The summed E-state index contributed by atoms with van der Waals surface area (Å²) in [5, 5.41) is 4.11. The Bertz CT molecular complexity index is 861. The number of nitrogens with one attached hydrogen (secondary N) is 1. The van der Waals surface area contributed by atoms with Crippen LogP contribution in [0, 0.1) is 0 Å². The molecule has 1 aromatic heterocycles. The van der Waals surface area contributed by atoms with Crippen LogP contribution < -0.4 is 10.1 Å².